The zero-order chi connectivity index (χ0) is 20.3. The van der Waals surface area contributed by atoms with E-state index < -0.39 is 17.6 Å². The zero-order valence-corrected chi connectivity index (χ0v) is 15.6. The molecule has 0 saturated carbocycles. The van der Waals surface area contributed by atoms with E-state index in [9.17, 15) is 14.0 Å². The van der Waals surface area contributed by atoms with Crippen molar-refractivity contribution in [2.24, 2.45) is 5.92 Å². The highest BCUT2D eigenvalue weighted by Gasteiger charge is 2.24. The number of nitrogen functional groups attached to an aromatic ring is 1. The van der Waals surface area contributed by atoms with Gasteiger partial charge in [0.1, 0.15) is 11.6 Å². The summed E-state index contributed by atoms with van der Waals surface area (Å²) in [4.78, 5) is 30.7. The van der Waals surface area contributed by atoms with Gasteiger partial charge in [0.05, 0.1) is 29.0 Å². The minimum atomic E-state index is -0.848. The normalized spacial score (nSPS) is 11.0. The van der Waals surface area contributed by atoms with Gasteiger partial charge in [-0.15, -0.1) is 0 Å². The van der Waals surface area contributed by atoms with Crippen molar-refractivity contribution >= 4 is 34.2 Å². The summed E-state index contributed by atoms with van der Waals surface area (Å²) >= 11 is 0. The summed E-state index contributed by atoms with van der Waals surface area (Å²) < 4.78 is 14.0. The standard InChI is InChI=1S/C19H21FN6O2/c1-11(2)9-26(10-12-5-3-4-6-14(12)20)19(28)18(27)24-15-8-22-17(21)13-7-23-25-16(13)15/h3-8,11H,9-10H2,1-2H3,(H2,21,22)(H,23,25)(H,24,27). The number of amides is 2. The molecule has 0 radical (unpaired) electrons. The smallest absolute Gasteiger partial charge is 0.314 e. The Bertz CT molecular complexity index is 1020. The van der Waals surface area contributed by atoms with Gasteiger partial charge in [-0.1, -0.05) is 32.0 Å². The summed E-state index contributed by atoms with van der Waals surface area (Å²) in [6, 6.07) is 6.17. The van der Waals surface area contributed by atoms with Gasteiger partial charge in [0.15, 0.2) is 0 Å². The number of hydrogen-bond acceptors (Lipinski definition) is 5. The molecule has 2 aromatic heterocycles. The van der Waals surface area contributed by atoms with Crippen LogP contribution < -0.4 is 11.1 Å². The summed E-state index contributed by atoms with van der Waals surface area (Å²) in [5.41, 5.74) is 6.87. The molecule has 0 atom stereocenters. The summed E-state index contributed by atoms with van der Waals surface area (Å²) in [5, 5.41) is 9.68. The molecule has 1 aromatic carbocycles. The third-order valence-electron chi connectivity index (χ3n) is 4.15. The minimum Gasteiger partial charge on any atom is -0.383 e. The lowest BCUT2D eigenvalue weighted by Crippen LogP contribution is -2.41. The Labute approximate surface area is 160 Å². The van der Waals surface area contributed by atoms with Crippen molar-refractivity contribution in [3.8, 4) is 0 Å². The Morgan fingerprint density at radius 1 is 1.29 bits per heavy atom. The van der Waals surface area contributed by atoms with E-state index in [-0.39, 0.29) is 24.0 Å². The second-order valence-corrected chi connectivity index (χ2v) is 6.84. The van der Waals surface area contributed by atoms with Crippen LogP contribution in [0.5, 0.6) is 0 Å². The lowest BCUT2D eigenvalue weighted by molar-refractivity contribution is -0.144. The van der Waals surface area contributed by atoms with E-state index in [0.717, 1.165) is 0 Å². The van der Waals surface area contributed by atoms with E-state index >= 15 is 0 Å². The van der Waals surface area contributed by atoms with E-state index in [2.05, 4.69) is 20.5 Å². The van der Waals surface area contributed by atoms with Crippen molar-refractivity contribution in [2.75, 3.05) is 17.6 Å². The maximum absolute atomic E-state index is 14.0. The van der Waals surface area contributed by atoms with Crippen LogP contribution in [0, 0.1) is 11.7 Å². The number of aromatic amines is 1. The number of benzene rings is 1. The van der Waals surface area contributed by atoms with Crippen molar-refractivity contribution in [1.29, 1.82) is 0 Å². The van der Waals surface area contributed by atoms with Gasteiger partial charge in [0, 0.05) is 18.7 Å². The number of halogens is 1. The van der Waals surface area contributed by atoms with Gasteiger partial charge in [0.25, 0.3) is 0 Å². The number of anilines is 2. The van der Waals surface area contributed by atoms with Gasteiger partial charge in [-0.2, -0.15) is 5.10 Å². The maximum Gasteiger partial charge on any atom is 0.314 e. The van der Waals surface area contributed by atoms with Crippen LogP contribution in [0.4, 0.5) is 15.9 Å². The quantitative estimate of drug-likeness (QED) is 0.584. The highest BCUT2D eigenvalue weighted by Crippen LogP contribution is 2.24. The maximum atomic E-state index is 14.0. The number of carbonyl (C=O) groups excluding carboxylic acids is 2. The number of hydrogen-bond donors (Lipinski definition) is 3. The van der Waals surface area contributed by atoms with Crippen LogP contribution >= 0.6 is 0 Å². The molecule has 0 spiro atoms. The number of fused-ring (bicyclic) bond motifs is 1. The summed E-state index contributed by atoms with van der Waals surface area (Å²) in [5.74, 6) is -1.68. The highest BCUT2D eigenvalue weighted by molar-refractivity contribution is 6.40. The predicted octanol–water partition coefficient (Wildman–Crippen LogP) is 2.30. The Balaban J connectivity index is 1.81. The van der Waals surface area contributed by atoms with Crippen LogP contribution in [0.15, 0.2) is 36.7 Å². The number of carbonyl (C=O) groups is 2. The summed E-state index contributed by atoms with van der Waals surface area (Å²) in [7, 11) is 0. The first kappa shape index (κ1) is 19.3. The van der Waals surface area contributed by atoms with E-state index in [0.29, 0.717) is 23.0 Å². The fourth-order valence-electron chi connectivity index (χ4n) is 2.86. The van der Waals surface area contributed by atoms with Gasteiger partial charge >= 0.3 is 11.8 Å². The van der Waals surface area contributed by atoms with Gasteiger partial charge in [-0.3, -0.25) is 14.7 Å². The number of nitrogens with zero attached hydrogens (tertiary/aromatic N) is 3. The van der Waals surface area contributed by atoms with Crippen LogP contribution in [0.3, 0.4) is 0 Å². The molecule has 28 heavy (non-hydrogen) atoms. The van der Waals surface area contributed by atoms with E-state index in [1.54, 1.807) is 18.2 Å². The Morgan fingerprint density at radius 2 is 2.04 bits per heavy atom. The van der Waals surface area contributed by atoms with Gasteiger partial charge in [-0.25, -0.2) is 9.37 Å². The Hall–Kier alpha value is -3.49. The molecule has 4 N–H and O–H groups in total. The van der Waals surface area contributed by atoms with Crippen molar-refractivity contribution in [3.05, 3.63) is 48.0 Å². The summed E-state index contributed by atoms with van der Waals surface area (Å²) in [6.45, 7) is 4.13. The van der Waals surface area contributed by atoms with E-state index in [1.165, 1.54) is 23.4 Å². The Kier molecular flexibility index (Phi) is 5.53. The number of nitrogens with two attached hydrogens (primary N) is 1. The van der Waals surface area contributed by atoms with E-state index in [1.807, 2.05) is 13.8 Å². The average molecular weight is 384 g/mol. The van der Waals surface area contributed by atoms with Gasteiger partial charge < -0.3 is 16.0 Å². The lowest BCUT2D eigenvalue weighted by atomic mass is 10.1. The van der Waals surface area contributed by atoms with Crippen LogP contribution in [0.25, 0.3) is 10.9 Å². The van der Waals surface area contributed by atoms with E-state index in [4.69, 9.17) is 5.73 Å². The molecule has 8 nitrogen and oxygen atoms in total. The first-order chi connectivity index (χ1) is 13.4. The number of H-pyrrole nitrogens is 1. The van der Waals surface area contributed by atoms with Crippen molar-refractivity contribution < 1.29 is 14.0 Å². The average Bonchev–Trinajstić information content (AvgIpc) is 3.15. The molecule has 3 aromatic rings. The number of rotatable bonds is 5. The zero-order valence-electron chi connectivity index (χ0n) is 15.6. The molecule has 2 amide bonds. The molecule has 9 heteroatoms. The number of nitrogens with one attached hydrogen (secondary N) is 2. The third-order valence-corrected chi connectivity index (χ3v) is 4.15. The molecular formula is C19H21FN6O2. The monoisotopic (exact) mass is 384 g/mol. The summed E-state index contributed by atoms with van der Waals surface area (Å²) in [6.07, 6.45) is 2.84. The first-order valence-electron chi connectivity index (χ1n) is 8.78. The fraction of sp³-hybridized carbons (Fsp3) is 0.263. The van der Waals surface area contributed by atoms with Crippen LogP contribution in [0.1, 0.15) is 19.4 Å². The highest BCUT2D eigenvalue weighted by atomic mass is 19.1. The van der Waals surface area contributed by atoms with Crippen LogP contribution in [-0.2, 0) is 16.1 Å². The molecule has 0 unspecified atom stereocenters. The van der Waals surface area contributed by atoms with Crippen molar-refractivity contribution in [3.63, 3.8) is 0 Å². The first-order valence-corrected chi connectivity index (χ1v) is 8.78. The molecule has 0 bridgehead atoms. The third kappa shape index (κ3) is 4.08. The van der Waals surface area contributed by atoms with Gasteiger partial charge in [-0.05, 0) is 12.0 Å². The Morgan fingerprint density at radius 3 is 2.75 bits per heavy atom. The molecule has 0 aliphatic heterocycles. The fourth-order valence-corrected chi connectivity index (χ4v) is 2.86. The largest absolute Gasteiger partial charge is 0.383 e. The molecule has 0 fully saturated rings. The number of aromatic nitrogens is 3. The molecule has 0 saturated heterocycles. The molecular weight excluding hydrogens is 363 g/mol. The minimum absolute atomic E-state index is 0.00341. The van der Waals surface area contributed by atoms with Crippen LogP contribution in [-0.4, -0.2) is 38.4 Å². The second-order valence-electron chi connectivity index (χ2n) is 6.84. The predicted molar refractivity (Wildman–Crippen MR) is 104 cm³/mol. The molecule has 146 valence electrons. The topological polar surface area (TPSA) is 117 Å². The molecule has 2 heterocycles. The van der Waals surface area contributed by atoms with Crippen LogP contribution in [0.2, 0.25) is 0 Å². The van der Waals surface area contributed by atoms with Crippen molar-refractivity contribution in [2.45, 2.75) is 20.4 Å². The lowest BCUT2D eigenvalue weighted by Gasteiger charge is -2.24. The van der Waals surface area contributed by atoms with Crippen molar-refractivity contribution in [1.82, 2.24) is 20.1 Å². The van der Waals surface area contributed by atoms with Gasteiger partial charge in [0.2, 0.25) is 0 Å². The molecule has 0 aliphatic carbocycles. The second kappa shape index (κ2) is 8.03. The number of pyridine rings is 1. The molecule has 0 aliphatic rings. The SMILES string of the molecule is CC(C)CN(Cc1ccccc1F)C(=O)C(=O)Nc1cnc(N)c2cn[nH]c12. The molecule has 3 rings (SSSR count).